The van der Waals surface area contributed by atoms with Crippen LogP contribution in [-0.2, 0) is 18.4 Å². The third-order valence-corrected chi connectivity index (χ3v) is 4.76. The summed E-state index contributed by atoms with van der Waals surface area (Å²) >= 11 is 0. The molecule has 2 N–H and O–H groups in total. The molecule has 2 atom stereocenters. The van der Waals surface area contributed by atoms with Crippen LogP contribution >= 0.6 is 0 Å². The fourth-order valence-electron chi connectivity index (χ4n) is 3.35. The average molecular weight is 382 g/mol. The normalized spacial score (nSPS) is 18.9. The summed E-state index contributed by atoms with van der Waals surface area (Å²) in [4.78, 5) is 16.9. The zero-order chi connectivity index (χ0) is 19.5. The molecular formula is C19H22N6O3. The quantitative estimate of drug-likeness (QED) is 0.667. The van der Waals surface area contributed by atoms with Gasteiger partial charge in [0, 0.05) is 44.9 Å². The first-order chi connectivity index (χ1) is 13.6. The first kappa shape index (κ1) is 18.2. The zero-order valence-electron chi connectivity index (χ0n) is 15.8. The van der Waals surface area contributed by atoms with E-state index in [0.29, 0.717) is 24.0 Å². The number of amides is 1. The maximum atomic E-state index is 12.8. The third kappa shape index (κ3) is 4.04. The SMILES string of the molecule is Cc1nc(COc2ccc(NC(=O)[C@H]3CNC[C@@H]3c3cnn(C)c3)cc2)no1. The number of nitrogens with zero attached hydrogens (tertiary/aromatic N) is 4. The molecule has 9 nitrogen and oxygen atoms in total. The molecule has 1 fully saturated rings. The van der Waals surface area contributed by atoms with Crippen molar-refractivity contribution in [2.75, 3.05) is 18.4 Å². The maximum Gasteiger partial charge on any atom is 0.229 e. The lowest BCUT2D eigenvalue weighted by molar-refractivity contribution is -0.119. The molecule has 1 aliphatic rings. The number of aryl methyl sites for hydroxylation is 2. The Morgan fingerprint density at radius 3 is 2.86 bits per heavy atom. The van der Waals surface area contributed by atoms with Gasteiger partial charge in [-0.15, -0.1) is 0 Å². The second-order valence-electron chi connectivity index (χ2n) is 6.85. The fraction of sp³-hybridized carbons (Fsp3) is 0.368. The molecule has 3 heterocycles. The van der Waals surface area contributed by atoms with Gasteiger partial charge in [-0.25, -0.2) is 0 Å². The van der Waals surface area contributed by atoms with Gasteiger partial charge in [0.15, 0.2) is 6.61 Å². The molecule has 28 heavy (non-hydrogen) atoms. The van der Waals surface area contributed by atoms with Crippen molar-refractivity contribution in [3.8, 4) is 5.75 Å². The highest BCUT2D eigenvalue weighted by Crippen LogP contribution is 2.29. The van der Waals surface area contributed by atoms with E-state index in [9.17, 15) is 4.79 Å². The van der Waals surface area contributed by atoms with E-state index in [1.807, 2.05) is 31.6 Å². The molecule has 1 amide bonds. The Morgan fingerprint density at radius 2 is 2.18 bits per heavy atom. The molecule has 1 aliphatic heterocycles. The Balaban J connectivity index is 1.35. The van der Waals surface area contributed by atoms with Crippen LogP contribution < -0.4 is 15.4 Å². The molecule has 0 unspecified atom stereocenters. The first-order valence-corrected chi connectivity index (χ1v) is 9.10. The maximum absolute atomic E-state index is 12.8. The minimum absolute atomic E-state index is 0.00482. The van der Waals surface area contributed by atoms with Gasteiger partial charge in [0.1, 0.15) is 5.75 Å². The number of carbonyl (C=O) groups is 1. The van der Waals surface area contributed by atoms with Gasteiger partial charge in [-0.05, 0) is 29.8 Å². The minimum atomic E-state index is -0.137. The standard InChI is InChI=1S/C19H22N6O3/c1-12-22-18(24-28-12)11-27-15-5-3-14(4-6-15)23-19(26)17-9-20-8-16(17)13-7-21-25(2)10-13/h3-7,10,16-17,20H,8-9,11H2,1-2H3,(H,23,26)/t16-,17+/m1/s1. The third-order valence-electron chi connectivity index (χ3n) is 4.76. The Kier molecular flexibility index (Phi) is 5.07. The van der Waals surface area contributed by atoms with Gasteiger partial charge in [0.25, 0.3) is 0 Å². The van der Waals surface area contributed by atoms with Crippen LogP contribution in [0.15, 0.2) is 41.2 Å². The van der Waals surface area contributed by atoms with Crippen LogP contribution in [0.1, 0.15) is 23.2 Å². The molecule has 3 aromatic rings. The second-order valence-corrected chi connectivity index (χ2v) is 6.85. The zero-order valence-corrected chi connectivity index (χ0v) is 15.8. The lowest BCUT2D eigenvalue weighted by Gasteiger charge is -2.17. The molecule has 146 valence electrons. The molecule has 2 aromatic heterocycles. The fourth-order valence-corrected chi connectivity index (χ4v) is 3.35. The van der Waals surface area contributed by atoms with Crippen LogP contribution in [0.4, 0.5) is 5.69 Å². The van der Waals surface area contributed by atoms with E-state index in [2.05, 4.69) is 25.9 Å². The van der Waals surface area contributed by atoms with E-state index in [1.165, 1.54) is 0 Å². The van der Waals surface area contributed by atoms with Gasteiger partial charge in [0.05, 0.1) is 12.1 Å². The molecular weight excluding hydrogens is 360 g/mol. The first-order valence-electron chi connectivity index (χ1n) is 9.10. The Bertz CT molecular complexity index is 949. The molecule has 1 aromatic carbocycles. The van der Waals surface area contributed by atoms with E-state index in [-0.39, 0.29) is 24.3 Å². The molecule has 1 saturated heterocycles. The topological polar surface area (TPSA) is 107 Å². The van der Waals surface area contributed by atoms with Crippen LogP contribution in [0.5, 0.6) is 5.75 Å². The predicted octanol–water partition coefficient (Wildman–Crippen LogP) is 1.63. The lowest BCUT2D eigenvalue weighted by Crippen LogP contribution is -2.28. The number of ether oxygens (including phenoxy) is 1. The highest BCUT2D eigenvalue weighted by molar-refractivity contribution is 5.93. The van der Waals surface area contributed by atoms with Crippen molar-refractivity contribution in [1.82, 2.24) is 25.2 Å². The Hall–Kier alpha value is -3.20. The van der Waals surface area contributed by atoms with Crippen molar-refractivity contribution < 1.29 is 14.1 Å². The van der Waals surface area contributed by atoms with Gasteiger partial charge < -0.3 is 19.9 Å². The minimum Gasteiger partial charge on any atom is -0.485 e. The Morgan fingerprint density at radius 1 is 1.36 bits per heavy atom. The van der Waals surface area contributed by atoms with Gasteiger partial charge in [0.2, 0.25) is 17.6 Å². The lowest BCUT2D eigenvalue weighted by atomic mass is 9.90. The summed E-state index contributed by atoms with van der Waals surface area (Å²) < 4.78 is 12.3. The number of benzene rings is 1. The summed E-state index contributed by atoms with van der Waals surface area (Å²) in [5.41, 5.74) is 1.80. The predicted molar refractivity (Wildman–Crippen MR) is 101 cm³/mol. The van der Waals surface area contributed by atoms with Crippen molar-refractivity contribution in [2.24, 2.45) is 13.0 Å². The van der Waals surface area contributed by atoms with Gasteiger partial charge >= 0.3 is 0 Å². The number of rotatable bonds is 6. The van der Waals surface area contributed by atoms with Crippen LogP contribution in [-0.4, -0.2) is 38.9 Å². The summed E-state index contributed by atoms with van der Waals surface area (Å²) in [6.45, 7) is 3.37. The largest absolute Gasteiger partial charge is 0.485 e. The molecule has 9 heteroatoms. The average Bonchev–Trinajstić information content (AvgIpc) is 3.41. The summed E-state index contributed by atoms with van der Waals surface area (Å²) in [6, 6.07) is 7.23. The number of nitrogens with one attached hydrogen (secondary N) is 2. The number of anilines is 1. The van der Waals surface area contributed by atoms with Crippen molar-refractivity contribution in [2.45, 2.75) is 19.4 Å². The van der Waals surface area contributed by atoms with Crippen molar-refractivity contribution in [3.05, 3.63) is 53.9 Å². The molecule has 0 bridgehead atoms. The molecule has 0 saturated carbocycles. The van der Waals surface area contributed by atoms with E-state index in [0.717, 1.165) is 17.8 Å². The number of hydrogen-bond donors (Lipinski definition) is 2. The summed E-state index contributed by atoms with van der Waals surface area (Å²) in [6.07, 6.45) is 3.80. The van der Waals surface area contributed by atoms with E-state index >= 15 is 0 Å². The van der Waals surface area contributed by atoms with Crippen LogP contribution in [0.25, 0.3) is 0 Å². The second kappa shape index (κ2) is 7.81. The van der Waals surface area contributed by atoms with Gasteiger partial charge in [-0.1, -0.05) is 5.16 Å². The molecule has 0 aliphatic carbocycles. The van der Waals surface area contributed by atoms with Crippen molar-refractivity contribution in [3.63, 3.8) is 0 Å². The number of aromatic nitrogens is 4. The molecule has 0 radical (unpaired) electrons. The van der Waals surface area contributed by atoms with E-state index in [4.69, 9.17) is 9.26 Å². The highest BCUT2D eigenvalue weighted by Gasteiger charge is 2.34. The monoisotopic (exact) mass is 382 g/mol. The smallest absolute Gasteiger partial charge is 0.229 e. The van der Waals surface area contributed by atoms with Gasteiger partial charge in [-0.3, -0.25) is 9.48 Å². The summed E-state index contributed by atoms with van der Waals surface area (Å²) in [5.74, 6) is 1.63. The van der Waals surface area contributed by atoms with E-state index in [1.54, 1.807) is 23.7 Å². The molecule has 4 rings (SSSR count). The van der Waals surface area contributed by atoms with Crippen molar-refractivity contribution in [1.29, 1.82) is 0 Å². The van der Waals surface area contributed by atoms with Crippen LogP contribution in [0.2, 0.25) is 0 Å². The Labute approximate surface area is 162 Å². The van der Waals surface area contributed by atoms with Crippen molar-refractivity contribution >= 4 is 11.6 Å². The summed E-state index contributed by atoms with van der Waals surface area (Å²) in [5, 5.41) is 14.3. The van der Waals surface area contributed by atoms with Crippen LogP contribution in [0.3, 0.4) is 0 Å². The number of hydrogen-bond acceptors (Lipinski definition) is 7. The van der Waals surface area contributed by atoms with E-state index < -0.39 is 0 Å². The van der Waals surface area contributed by atoms with Crippen LogP contribution in [0, 0.1) is 12.8 Å². The number of carbonyl (C=O) groups excluding carboxylic acids is 1. The highest BCUT2D eigenvalue weighted by atomic mass is 16.5. The van der Waals surface area contributed by atoms with Gasteiger partial charge in [-0.2, -0.15) is 10.1 Å². The summed E-state index contributed by atoms with van der Waals surface area (Å²) in [7, 11) is 1.88. The molecule has 0 spiro atoms.